The number of piperazine rings is 1. The predicted octanol–water partition coefficient (Wildman–Crippen LogP) is 2.41. The fraction of sp³-hybridized carbons (Fsp3) is 0.667. The maximum Gasteiger partial charge on any atom is 0.289 e. The summed E-state index contributed by atoms with van der Waals surface area (Å²) >= 11 is 0. The van der Waals surface area contributed by atoms with Gasteiger partial charge in [0, 0.05) is 51.7 Å². The van der Waals surface area contributed by atoms with Gasteiger partial charge in [-0.15, -0.1) is 24.0 Å². The summed E-state index contributed by atoms with van der Waals surface area (Å²) in [5.41, 5.74) is 0. The van der Waals surface area contributed by atoms with Crippen LogP contribution in [0.5, 0.6) is 0 Å². The Labute approximate surface area is 196 Å². The fourth-order valence-electron chi connectivity index (χ4n) is 3.97. The molecule has 3 heterocycles. The molecule has 0 aromatic carbocycles. The van der Waals surface area contributed by atoms with Crippen LogP contribution in [0, 0.1) is 0 Å². The lowest BCUT2D eigenvalue weighted by atomic mass is 10.0. The average molecular weight is 531 g/mol. The minimum absolute atomic E-state index is 0. The highest BCUT2D eigenvalue weighted by Gasteiger charge is 2.26. The van der Waals surface area contributed by atoms with E-state index < -0.39 is 0 Å². The van der Waals surface area contributed by atoms with E-state index in [1.165, 1.54) is 12.7 Å². The normalized spacial score (nSPS) is 20.0. The van der Waals surface area contributed by atoms with Gasteiger partial charge in [0.15, 0.2) is 11.7 Å². The third-order valence-electron chi connectivity index (χ3n) is 5.64. The monoisotopic (exact) mass is 531 g/mol. The second-order valence-corrected chi connectivity index (χ2v) is 7.67. The maximum absolute atomic E-state index is 12.5. The van der Waals surface area contributed by atoms with Crippen molar-refractivity contribution in [2.45, 2.75) is 45.6 Å². The Morgan fingerprint density at radius 3 is 2.53 bits per heavy atom. The Hall–Kier alpha value is -1.78. The van der Waals surface area contributed by atoms with Crippen LogP contribution in [0.4, 0.5) is 0 Å². The Bertz CT molecular complexity index is 702. The standard InChI is InChI=1S/C21H33N5O3.HI/c1-3-22-21(23-10-9-19(27)26-11-5-4-7-17(26)2)25-14-12-24(13-15-25)20(28)18-8-6-16-29-18;/h6,8,16-17H,3-5,7,9-15H2,1-2H3,(H,22,23);1H. The number of hydrogen-bond acceptors (Lipinski definition) is 4. The number of guanidine groups is 1. The summed E-state index contributed by atoms with van der Waals surface area (Å²) in [7, 11) is 0. The molecule has 1 aromatic rings. The molecule has 1 atom stereocenters. The zero-order valence-corrected chi connectivity index (χ0v) is 20.3. The van der Waals surface area contributed by atoms with Crippen molar-refractivity contribution in [3.05, 3.63) is 24.2 Å². The van der Waals surface area contributed by atoms with Gasteiger partial charge in [-0.3, -0.25) is 14.6 Å². The molecule has 0 spiro atoms. The molecular formula is C21H34IN5O3. The van der Waals surface area contributed by atoms with E-state index in [-0.39, 0.29) is 35.8 Å². The summed E-state index contributed by atoms with van der Waals surface area (Å²) in [5.74, 6) is 1.32. The Balaban J connectivity index is 0.00000320. The molecule has 2 amide bonds. The van der Waals surface area contributed by atoms with E-state index in [2.05, 4.69) is 22.1 Å². The van der Waals surface area contributed by atoms with Crippen LogP contribution in [0.3, 0.4) is 0 Å². The van der Waals surface area contributed by atoms with Crippen LogP contribution in [0.25, 0.3) is 0 Å². The largest absolute Gasteiger partial charge is 0.459 e. The summed E-state index contributed by atoms with van der Waals surface area (Å²) in [6, 6.07) is 3.76. The first-order valence-corrected chi connectivity index (χ1v) is 10.8. The molecule has 0 aliphatic carbocycles. The molecule has 2 saturated heterocycles. The number of likely N-dealkylation sites (tertiary alicyclic amines) is 1. The molecule has 1 aromatic heterocycles. The summed E-state index contributed by atoms with van der Waals surface area (Å²) in [6.45, 7) is 8.93. The van der Waals surface area contributed by atoms with Crippen molar-refractivity contribution in [3.8, 4) is 0 Å². The minimum atomic E-state index is -0.0714. The molecule has 1 N–H and O–H groups in total. The SMILES string of the molecule is CCNC(=NCCC(=O)N1CCCCC1C)N1CCN(C(=O)c2ccco2)CC1.I. The summed E-state index contributed by atoms with van der Waals surface area (Å²) in [6.07, 6.45) is 5.37. The molecular weight excluding hydrogens is 497 g/mol. The number of aliphatic imine (C=N–C) groups is 1. The van der Waals surface area contributed by atoms with Crippen LogP contribution in [-0.4, -0.2) is 84.3 Å². The van der Waals surface area contributed by atoms with E-state index >= 15 is 0 Å². The van der Waals surface area contributed by atoms with Crippen LogP contribution in [0.15, 0.2) is 27.8 Å². The van der Waals surface area contributed by atoms with Gasteiger partial charge in [0.2, 0.25) is 5.91 Å². The highest BCUT2D eigenvalue weighted by molar-refractivity contribution is 14.0. The number of carbonyl (C=O) groups is 2. The van der Waals surface area contributed by atoms with Gasteiger partial charge in [-0.05, 0) is 45.2 Å². The fourth-order valence-corrected chi connectivity index (χ4v) is 3.97. The lowest BCUT2D eigenvalue weighted by Crippen LogP contribution is -2.53. The first-order valence-electron chi connectivity index (χ1n) is 10.8. The second-order valence-electron chi connectivity index (χ2n) is 7.67. The van der Waals surface area contributed by atoms with E-state index in [0.717, 1.165) is 31.9 Å². The minimum Gasteiger partial charge on any atom is -0.459 e. The number of halogens is 1. The Kier molecular flexibility index (Phi) is 9.93. The number of piperidine rings is 1. The molecule has 1 unspecified atom stereocenters. The van der Waals surface area contributed by atoms with E-state index in [1.807, 2.05) is 11.8 Å². The van der Waals surface area contributed by atoms with Crippen LogP contribution >= 0.6 is 24.0 Å². The van der Waals surface area contributed by atoms with Crippen LogP contribution in [0.1, 0.15) is 50.1 Å². The average Bonchev–Trinajstić information content (AvgIpc) is 3.28. The number of hydrogen-bond donors (Lipinski definition) is 1. The Morgan fingerprint density at radius 1 is 1.17 bits per heavy atom. The molecule has 9 heteroatoms. The third-order valence-corrected chi connectivity index (χ3v) is 5.64. The van der Waals surface area contributed by atoms with Crippen molar-refractivity contribution in [3.63, 3.8) is 0 Å². The molecule has 2 aliphatic rings. The van der Waals surface area contributed by atoms with Gasteiger partial charge >= 0.3 is 0 Å². The van der Waals surface area contributed by atoms with Crippen molar-refractivity contribution in [1.82, 2.24) is 20.0 Å². The molecule has 8 nitrogen and oxygen atoms in total. The summed E-state index contributed by atoms with van der Waals surface area (Å²) < 4.78 is 5.22. The van der Waals surface area contributed by atoms with Gasteiger partial charge in [0.05, 0.1) is 12.8 Å². The number of rotatable bonds is 5. The number of amides is 2. The number of furan rings is 1. The molecule has 2 aliphatic heterocycles. The molecule has 168 valence electrons. The van der Waals surface area contributed by atoms with Crippen LogP contribution in [-0.2, 0) is 4.79 Å². The molecule has 0 saturated carbocycles. The van der Waals surface area contributed by atoms with E-state index in [4.69, 9.17) is 4.42 Å². The smallest absolute Gasteiger partial charge is 0.289 e. The highest BCUT2D eigenvalue weighted by Crippen LogP contribution is 2.17. The van der Waals surface area contributed by atoms with E-state index in [0.29, 0.717) is 50.9 Å². The van der Waals surface area contributed by atoms with Crippen molar-refractivity contribution >= 4 is 41.8 Å². The molecule has 0 bridgehead atoms. The first kappa shape index (κ1) is 24.5. The van der Waals surface area contributed by atoms with Crippen molar-refractivity contribution in [2.24, 2.45) is 4.99 Å². The van der Waals surface area contributed by atoms with Gasteiger partial charge < -0.3 is 24.4 Å². The van der Waals surface area contributed by atoms with E-state index in [1.54, 1.807) is 17.0 Å². The number of carbonyl (C=O) groups excluding carboxylic acids is 2. The van der Waals surface area contributed by atoms with Gasteiger partial charge in [0.1, 0.15) is 0 Å². The van der Waals surface area contributed by atoms with Crippen LogP contribution in [0.2, 0.25) is 0 Å². The highest BCUT2D eigenvalue weighted by atomic mass is 127. The van der Waals surface area contributed by atoms with Gasteiger partial charge in [-0.2, -0.15) is 0 Å². The number of nitrogens with zero attached hydrogens (tertiary/aromatic N) is 4. The topological polar surface area (TPSA) is 81.4 Å². The Morgan fingerprint density at radius 2 is 1.90 bits per heavy atom. The molecule has 2 fully saturated rings. The van der Waals surface area contributed by atoms with Crippen molar-refractivity contribution < 1.29 is 14.0 Å². The zero-order valence-electron chi connectivity index (χ0n) is 18.0. The molecule has 0 radical (unpaired) electrons. The zero-order chi connectivity index (χ0) is 20.6. The summed E-state index contributed by atoms with van der Waals surface area (Å²) in [4.78, 5) is 35.6. The van der Waals surface area contributed by atoms with Crippen molar-refractivity contribution in [1.29, 1.82) is 0 Å². The van der Waals surface area contributed by atoms with Crippen LogP contribution < -0.4 is 5.32 Å². The maximum atomic E-state index is 12.5. The van der Waals surface area contributed by atoms with Gasteiger partial charge in [0.25, 0.3) is 5.91 Å². The van der Waals surface area contributed by atoms with E-state index in [9.17, 15) is 9.59 Å². The quantitative estimate of drug-likeness (QED) is 0.359. The molecule has 30 heavy (non-hydrogen) atoms. The third kappa shape index (κ3) is 6.36. The number of nitrogens with one attached hydrogen (secondary N) is 1. The first-order chi connectivity index (χ1) is 14.1. The predicted molar refractivity (Wildman–Crippen MR) is 127 cm³/mol. The molecule has 3 rings (SSSR count). The van der Waals surface area contributed by atoms with Crippen molar-refractivity contribution in [2.75, 3.05) is 45.8 Å². The second kappa shape index (κ2) is 12.2. The summed E-state index contributed by atoms with van der Waals surface area (Å²) in [5, 5.41) is 3.32. The lowest BCUT2D eigenvalue weighted by molar-refractivity contribution is -0.134. The lowest BCUT2D eigenvalue weighted by Gasteiger charge is -2.36. The van der Waals surface area contributed by atoms with Gasteiger partial charge in [-0.25, -0.2) is 0 Å². The van der Waals surface area contributed by atoms with Gasteiger partial charge in [-0.1, -0.05) is 0 Å².